The van der Waals surface area contributed by atoms with E-state index in [9.17, 15) is 0 Å². The first-order chi connectivity index (χ1) is 9.06. The van der Waals surface area contributed by atoms with Crippen molar-refractivity contribution >= 4 is 11.8 Å². The highest BCUT2D eigenvalue weighted by Crippen LogP contribution is 2.27. The molecule has 1 aliphatic heterocycles. The van der Waals surface area contributed by atoms with Gasteiger partial charge in [0.2, 0.25) is 0 Å². The second-order valence-corrected chi connectivity index (χ2v) is 6.08. The molecule has 0 unspecified atom stereocenters. The van der Waals surface area contributed by atoms with Crippen LogP contribution < -0.4 is 10.2 Å². The van der Waals surface area contributed by atoms with Crippen LogP contribution in [0.3, 0.4) is 0 Å². The molecule has 0 saturated carbocycles. The van der Waals surface area contributed by atoms with E-state index in [0.29, 0.717) is 5.92 Å². The molecule has 2 heteroatoms. The van der Waals surface area contributed by atoms with Crippen LogP contribution in [-0.4, -0.2) is 26.7 Å². The van der Waals surface area contributed by atoms with Crippen LogP contribution in [0.1, 0.15) is 31.9 Å². The highest BCUT2D eigenvalue weighted by atomic mass is 15.1. The normalized spacial score (nSPS) is 15.2. The lowest BCUT2D eigenvalue weighted by Crippen LogP contribution is -2.21. The summed E-state index contributed by atoms with van der Waals surface area (Å²) < 4.78 is 0. The number of nitrogens with zero attached hydrogens (tertiary/aromatic N) is 1. The summed E-state index contributed by atoms with van der Waals surface area (Å²) >= 11 is 0. The average Bonchev–Trinajstić information content (AvgIpc) is 2.70. The second-order valence-electron chi connectivity index (χ2n) is 6.08. The van der Waals surface area contributed by atoms with Gasteiger partial charge in [-0.1, -0.05) is 31.6 Å². The summed E-state index contributed by atoms with van der Waals surface area (Å²) in [6, 6.07) is 6.82. The minimum absolute atomic E-state index is 0.711. The van der Waals surface area contributed by atoms with Crippen LogP contribution in [0.25, 0.3) is 6.08 Å². The zero-order valence-corrected chi connectivity index (χ0v) is 12.7. The lowest BCUT2D eigenvalue weighted by Gasteiger charge is -2.12. The Morgan fingerprint density at radius 2 is 2.21 bits per heavy atom. The van der Waals surface area contributed by atoms with Crippen molar-refractivity contribution in [2.45, 2.75) is 27.2 Å². The van der Waals surface area contributed by atoms with Crippen molar-refractivity contribution in [3.05, 3.63) is 34.9 Å². The van der Waals surface area contributed by atoms with Crippen molar-refractivity contribution in [1.29, 1.82) is 0 Å². The van der Waals surface area contributed by atoms with Crippen LogP contribution in [0.4, 0.5) is 5.69 Å². The van der Waals surface area contributed by atoms with E-state index in [2.05, 4.69) is 62.3 Å². The molecule has 2 rings (SSSR count). The summed E-state index contributed by atoms with van der Waals surface area (Å²) in [5, 5.41) is 3.49. The number of anilines is 1. The number of rotatable bonds is 5. The molecule has 0 atom stereocenters. The summed E-state index contributed by atoms with van der Waals surface area (Å²) in [7, 11) is 2.17. The van der Waals surface area contributed by atoms with Gasteiger partial charge in [0, 0.05) is 25.8 Å². The zero-order valence-electron chi connectivity index (χ0n) is 12.7. The SMILES string of the molecule is CC(=Cc1ccc2c(c1)CCN2C)CNCC(C)C. The van der Waals surface area contributed by atoms with Crippen LogP contribution in [0.5, 0.6) is 0 Å². The number of hydrogen-bond donors (Lipinski definition) is 1. The second kappa shape index (κ2) is 6.25. The average molecular weight is 258 g/mol. The van der Waals surface area contributed by atoms with Crippen LogP contribution >= 0.6 is 0 Å². The van der Waals surface area contributed by atoms with Gasteiger partial charge in [-0.05, 0) is 49.1 Å². The third-order valence-corrected chi connectivity index (χ3v) is 3.60. The third-order valence-electron chi connectivity index (χ3n) is 3.60. The number of fused-ring (bicyclic) bond motifs is 1. The minimum Gasteiger partial charge on any atom is -0.374 e. The zero-order chi connectivity index (χ0) is 13.8. The molecule has 1 heterocycles. The minimum atomic E-state index is 0.711. The number of likely N-dealkylation sites (N-methyl/N-ethyl adjacent to an activating group) is 1. The van der Waals surface area contributed by atoms with E-state index in [1.54, 1.807) is 0 Å². The predicted molar refractivity (Wildman–Crippen MR) is 84.8 cm³/mol. The Labute approximate surface area is 117 Å². The molecule has 0 aromatic heterocycles. The van der Waals surface area contributed by atoms with Crippen molar-refractivity contribution in [2.75, 3.05) is 31.6 Å². The molecule has 0 spiro atoms. The molecule has 0 saturated heterocycles. The van der Waals surface area contributed by atoms with Crippen LogP contribution in [0.2, 0.25) is 0 Å². The Balaban J connectivity index is 1.99. The first kappa shape index (κ1) is 14.1. The Bertz CT molecular complexity index is 460. The summed E-state index contributed by atoms with van der Waals surface area (Å²) in [5.74, 6) is 0.711. The van der Waals surface area contributed by atoms with Crippen molar-refractivity contribution in [2.24, 2.45) is 5.92 Å². The Morgan fingerprint density at radius 3 is 2.95 bits per heavy atom. The van der Waals surface area contributed by atoms with E-state index in [0.717, 1.165) is 19.6 Å². The van der Waals surface area contributed by atoms with Gasteiger partial charge in [0.1, 0.15) is 0 Å². The highest BCUT2D eigenvalue weighted by molar-refractivity contribution is 5.64. The lowest BCUT2D eigenvalue weighted by atomic mass is 10.1. The van der Waals surface area contributed by atoms with Gasteiger partial charge < -0.3 is 10.2 Å². The summed E-state index contributed by atoms with van der Waals surface area (Å²) in [6.45, 7) is 9.89. The molecule has 104 valence electrons. The molecule has 2 nitrogen and oxygen atoms in total. The van der Waals surface area contributed by atoms with E-state index in [4.69, 9.17) is 0 Å². The van der Waals surface area contributed by atoms with Gasteiger partial charge in [0.25, 0.3) is 0 Å². The Morgan fingerprint density at radius 1 is 1.42 bits per heavy atom. The fraction of sp³-hybridized carbons (Fsp3) is 0.529. The maximum Gasteiger partial charge on any atom is 0.0397 e. The highest BCUT2D eigenvalue weighted by Gasteiger charge is 2.14. The first-order valence-electron chi connectivity index (χ1n) is 7.28. The molecule has 1 aliphatic rings. The molecule has 0 aliphatic carbocycles. The van der Waals surface area contributed by atoms with Gasteiger partial charge in [0.15, 0.2) is 0 Å². The first-order valence-corrected chi connectivity index (χ1v) is 7.28. The standard InChI is InChI=1S/C17H26N2/c1-13(2)11-18-12-14(3)9-15-5-6-17-16(10-15)7-8-19(17)4/h5-6,9-10,13,18H,7-8,11-12H2,1-4H3. The van der Waals surface area contributed by atoms with Gasteiger partial charge in [-0.25, -0.2) is 0 Å². The molecule has 0 fully saturated rings. The quantitative estimate of drug-likeness (QED) is 0.871. The van der Waals surface area contributed by atoms with Gasteiger partial charge in [-0.15, -0.1) is 0 Å². The maximum absolute atomic E-state index is 3.49. The van der Waals surface area contributed by atoms with Gasteiger partial charge in [0.05, 0.1) is 0 Å². The van der Waals surface area contributed by atoms with Gasteiger partial charge >= 0.3 is 0 Å². The summed E-state index contributed by atoms with van der Waals surface area (Å²) in [4.78, 5) is 2.33. The van der Waals surface area contributed by atoms with Crippen LogP contribution in [0.15, 0.2) is 23.8 Å². The fourth-order valence-electron chi connectivity index (χ4n) is 2.57. The molecule has 19 heavy (non-hydrogen) atoms. The lowest BCUT2D eigenvalue weighted by molar-refractivity contribution is 0.572. The number of hydrogen-bond acceptors (Lipinski definition) is 2. The van der Waals surface area contributed by atoms with Crippen molar-refractivity contribution in [3.63, 3.8) is 0 Å². The molecule has 1 aromatic carbocycles. The monoisotopic (exact) mass is 258 g/mol. The van der Waals surface area contributed by atoms with E-state index in [-0.39, 0.29) is 0 Å². The van der Waals surface area contributed by atoms with Gasteiger partial charge in [-0.2, -0.15) is 0 Å². The third kappa shape index (κ3) is 3.84. The Hall–Kier alpha value is -1.28. The largest absolute Gasteiger partial charge is 0.374 e. The smallest absolute Gasteiger partial charge is 0.0397 e. The van der Waals surface area contributed by atoms with E-state index >= 15 is 0 Å². The molecular weight excluding hydrogens is 232 g/mol. The molecule has 0 amide bonds. The Kier molecular flexibility index (Phi) is 4.65. The van der Waals surface area contributed by atoms with Crippen LogP contribution in [0, 0.1) is 5.92 Å². The van der Waals surface area contributed by atoms with Gasteiger partial charge in [-0.3, -0.25) is 0 Å². The predicted octanol–water partition coefficient (Wildman–Crippen LogP) is 3.33. The maximum atomic E-state index is 3.49. The van der Waals surface area contributed by atoms with E-state index < -0.39 is 0 Å². The van der Waals surface area contributed by atoms with Crippen molar-refractivity contribution < 1.29 is 0 Å². The molecule has 0 bridgehead atoms. The molecule has 1 aromatic rings. The van der Waals surface area contributed by atoms with E-state index in [1.807, 2.05) is 0 Å². The molecule has 0 radical (unpaired) electrons. The van der Waals surface area contributed by atoms with E-state index in [1.165, 1.54) is 28.8 Å². The summed E-state index contributed by atoms with van der Waals surface area (Å²) in [6.07, 6.45) is 3.48. The number of benzene rings is 1. The van der Waals surface area contributed by atoms with Crippen LogP contribution in [-0.2, 0) is 6.42 Å². The topological polar surface area (TPSA) is 15.3 Å². The van der Waals surface area contributed by atoms with Crippen molar-refractivity contribution in [1.82, 2.24) is 5.32 Å². The molecule has 1 N–H and O–H groups in total. The van der Waals surface area contributed by atoms with Crippen molar-refractivity contribution in [3.8, 4) is 0 Å². The fourth-order valence-corrected chi connectivity index (χ4v) is 2.57. The number of nitrogens with one attached hydrogen (secondary N) is 1. The molecular formula is C17H26N2. The summed E-state index contributed by atoms with van der Waals surface area (Å²) in [5.41, 5.74) is 5.61.